The molecular formula is C20H25NO4. The Kier molecular flexibility index (Phi) is 6.28. The molecule has 2 aromatic carbocycles. The van der Waals surface area contributed by atoms with E-state index in [9.17, 15) is 4.79 Å². The van der Waals surface area contributed by atoms with Crippen molar-refractivity contribution in [3.05, 3.63) is 47.5 Å². The van der Waals surface area contributed by atoms with E-state index in [1.165, 1.54) is 0 Å². The molecule has 0 aliphatic heterocycles. The minimum absolute atomic E-state index is 0.198. The maximum atomic E-state index is 12.6. The molecule has 0 heterocycles. The fourth-order valence-corrected chi connectivity index (χ4v) is 2.45. The Bertz CT molecular complexity index is 742. The number of hydrogen-bond acceptors (Lipinski definition) is 4. The van der Waals surface area contributed by atoms with Gasteiger partial charge in [0.1, 0.15) is 5.75 Å². The molecule has 0 radical (unpaired) electrons. The number of methoxy groups -OCH3 is 2. The van der Waals surface area contributed by atoms with Gasteiger partial charge in [-0.15, -0.1) is 0 Å². The van der Waals surface area contributed by atoms with Crippen molar-refractivity contribution >= 4 is 11.6 Å². The maximum absolute atomic E-state index is 12.6. The summed E-state index contributed by atoms with van der Waals surface area (Å²) < 4.78 is 16.4. The van der Waals surface area contributed by atoms with Gasteiger partial charge in [0.25, 0.3) is 5.91 Å². The Morgan fingerprint density at radius 3 is 2.36 bits per heavy atom. The zero-order valence-electron chi connectivity index (χ0n) is 15.4. The van der Waals surface area contributed by atoms with Crippen molar-refractivity contribution in [1.29, 1.82) is 0 Å². The van der Waals surface area contributed by atoms with Gasteiger partial charge in [-0.1, -0.05) is 19.1 Å². The summed E-state index contributed by atoms with van der Waals surface area (Å²) in [5, 5.41) is 2.87. The van der Waals surface area contributed by atoms with Crippen LogP contribution in [0.25, 0.3) is 0 Å². The fourth-order valence-electron chi connectivity index (χ4n) is 2.45. The van der Waals surface area contributed by atoms with E-state index in [4.69, 9.17) is 14.2 Å². The molecule has 0 aliphatic rings. The van der Waals surface area contributed by atoms with Crippen LogP contribution in [0, 0.1) is 13.8 Å². The number of ether oxygens (including phenoxy) is 3. The molecular weight excluding hydrogens is 318 g/mol. The van der Waals surface area contributed by atoms with Crippen LogP contribution in [0.4, 0.5) is 5.69 Å². The first-order valence-corrected chi connectivity index (χ1v) is 8.25. The SMILES string of the molecule is CC[C@@H](Oc1cc(C)ccc1C)C(=O)Nc1ccc(OC)c(OC)c1. The molecule has 1 atom stereocenters. The highest BCUT2D eigenvalue weighted by molar-refractivity contribution is 5.94. The van der Waals surface area contributed by atoms with Gasteiger partial charge in [0, 0.05) is 11.8 Å². The first-order chi connectivity index (χ1) is 12.0. The molecule has 134 valence electrons. The van der Waals surface area contributed by atoms with Gasteiger partial charge in [0.15, 0.2) is 17.6 Å². The summed E-state index contributed by atoms with van der Waals surface area (Å²) in [6.07, 6.45) is -0.0134. The minimum Gasteiger partial charge on any atom is -0.493 e. The summed E-state index contributed by atoms with van der Waals surface area (Å²) >= 11 is 0. The molecule has 0 aromatic heterocycles. The summed E-state index contributed by atoms with van der Waals surface area (Å²) in [6, 6.07) is 11.2. The van der Waals surface area contributed by atoms with Gasteiger partial charge < -0.3 is 19.5 Å². The molecule has 2 rings (SSSR count). The molecule has 0 unspecified atom stereocenters. The highest BCUT2D eigenvalue weighted by atomic mass is 16.5. The molecule has 0 spiro atoms. The van der Waals surface area contributed by atoms with Gasteiger partial charge in [0.2, 0.25) is 0 Å². The molecule has 1 amide bonds. The van der Waals surface area contributed by atoms with E-state index in [-0.39, 0.29) is 5.91 Å². The Morgan fingerprint density at radius 2 is 1.72 bits per heavy atom. The quantitative estimate of drug-likeness (QED) is 0.822. The minimum atomic E-state index is -0.575. The van der Waals surface area contributed by atoms with Gasteiger partial charge in [-0.3, -0.25) is 4.79 Å². The van der Waals surface area contributed by atoms with Gasteiger partial charge in [0.05, 0.1) is 14.2 Å². The highest BCUT2D eigenvalue weighted by Gasteiger charge is 2.20. The van der Waals surface area contributed by atoms with Crippen LogP contribution in [0.2, 0.25) is 0 Å². The zero-order chi connectivity index (χ0) is 18.4. The number of hydrogen-bond donors (Lipinski definition) is 1. The van der Waals surface area contributed by atoms with E-state index in [0.717, 1.165) is 16.9 Å². The first-order valence-electron chi connectivity index (χ1n) is 8.25. The number of rotatable bonds is 7. The molecule has 25 heavy (non-hydrogen) atoms. The van der Waals surface area contributed by atoms with Gasteiger partial charge in [-0.25, -0.2) is 0 Å². The van der Waals surface area contributed by atoms with Crippen LogP contribution in [-0.2, 0) is 4.79 Å². The third kappa shape index (κ3) is 4.66. The van der Waals surface area contributed by atoms with Crippen molar-refractivity contribution in [2.75, 3.05) is 19.5 Å². The lowest BCUT2D eigenvalue weighted by Crippen LogP contribution is -2.32. The molecule has 5 heteroatoms. The smallest absolute Gasteiger partial charge is 0.265 e. The lowest BCUT2D eigenvalue weighted by atomic mass is 10.1. The van der Waals surface area contributed by atoms with Crippen molar-refractivity contribution in [2.45, 2.75) is 33.3 Å². The van der Waals surface area contributed by atoms with Gasteiger partial charge >= 0.3 is 0 Å². The first kappa shape index (κ1) is 18.6. The van der Waals surface area contributed by atoms with Crippen LogP contribution in [0.3, 0.4) is 0 Å². The van der Waals surface area contributed by atoms with Crippen LogP contribution in [-0.4, -0.2) is 26.2 Å². The summed E-state index contributed by atoms with van der Waals surface area (Å²) in [7, 11) is 3.13. The Hall–Kier alpha value is -2.69. The maximum Gasteiger partial charge on any atom is 0.265 e. The van der Waals surface area contributed by atoms with Gasteiger partial charge in [-0.2, -0.15) is 0 Å². The van der Waals surface area contributed by atoms with Crippen LogP contribution >= 0.6 is 0 Å². The molecule has 0 bridgehead atoms. The Morgan fingerprint density at radius 1 is 1.00 bits per heavy atom. The van der Waals surface area contributed by atoms with Crippen LogP contribution in [0.1, 0.15) is 24.5 Å². The molecule has 2 aromatic rings. The average Bonchev–Trinajstić information content (AvgIpc) is 2.62. The third-order valence-corrected chi connectivity index (χ3v) is 3.93. The van der Waals surface area contributed by atoms with E-state index in [1.807, 2.05) is 39.0 Å². The standard InChI is InChI=1S/C20H25NO4/c1-6-16(25-18-11-13(2)7-8-14(18)3)20(22)21-15-9-10-17(23-4)19(12-15)24-5/h7-12,16H,6H2,1-5H3,(H,21,22)/t16-/m1/s1. The predicted octanol–water partition coefficient (Wildman–Crippen LogP) is 4.12. The average molecular weight is 343 g/mol. The number of carbonyl (C=O) groups is 1. The second-order valence-electron chi connectivity index (χ2n) is 5.84. The van der Waals surface area contributed by atoms with Crippen molar-refractivity contribution in [1.82, 2.24) is 0 Å². The van der Waals surface area contributed by atoms with Crippen LogP contribution < -0.4 is 19.5 Å². The number of aryl methyl sites for hydroxylation is 2. The van der Waals surface area contributed by atoms with E-state index in [1.54, 1.807) is 32.4 Å². The van der Waals surface area contributed by atoms with Crippen molar-refractivity contribution < 1.29 is 19.0 Å². The number of anilines is 1. The molecule has 1 N–H and O–H groups in total. The monoisotopic (exact) mass is 343 g/mol. The van der Waals surface area contributed by atoms with Crippen LogP contribution in [0.15, 0.2) is 36.4 Å². The number of amides is 1. The molecule has 0 saturated carbocycles. The molecule has 0 saturated heterocycles. The van der Waals surface area contributed by atoms with Crippen LogP contribution in [0.5, 0.6) is 17.2 Å². The lowest BCUT2D eigenvalue weighted by Gasteiger charge is -2.19. The summed E-state index contributed by atoms with van der Waals surface area (Å²) in [5.74, 6) is 1.70. The highest BCUT2D eigenvalue weighted by Crippen LogP contribution is 2.30. The largest absolute Gasteiger partial charge is 0.493 e. The topological polar surface area (TPSA) is 56.8 Å². The third-order valence-electron chi connectivity index (χ3n) is 3.93. The predicted molar refractivity (Wildman–Crippen MR) is 98.8 cm³/mol. The van der Waals surface area contributed by atoms with Crippen molar-refractivity contribution in [3.8, 4) is 17.2 Å². The summed E-state index contributed by atoms with van der Waals surface area (Å²) in [4.78, 5) is 12.6. The Labute approximate surface area is 148 Å². The molecule has 0 aliphatic carbocycles. The summed E-state index contributed by atoms with van der Waals surface area (Å²) in [5.41, 5.74) is 2.73. The molecule has 0 fully saturated rings. The van der Waals surface area contributed by atoms with E-state index < -0.39 is 6.10 Å². The second-order valence-corrected chi connectivity index (χ2v) is 5.84. The fraction of sp³-hybridized carbons (Fsp3) is 0.350. The van der Waals surface area contributed by atoms with E-state index >= 15 is 0 Å². The van der Waals surface area contributed by atoms with E-state index in [2.05, 4.69) is 5.32 Å². The number of carbonyl (C=O) groups excluding carboxylic acids is 1. The Balaban J connectivity index is 2.13. The van der Waals surface area contributed by atoms with Crippen molar-refractivity contribution in [2.24, 2.45) is 0 Å². The normalized spacial score (nSPS) is 11.6. The second kappa shape index (κ2) is 8.42. The zero-order valence-corrected chi connectivity index (χ0v) is 15.4. The van der Waals surface area contributed by atoms with Crippen molar-refractivity contribution in [3.63, 3.8) is 0 Å². The van der Waals surface area contributed by atoms with Gasteiger partial charge in [-0.05, 0) is 49.6 Å². The molecule has 5 nitrogen and oxygen atoms in total. The number of benzene rings is 2. The summed E-state index contributed by atoms with van der Waals surface area (Å²) in [6.45, 7) is 5.88. The van der Waals surface area contributed by atoms with E-state index in [0.29, 0.717) is 23.6 Å². The lowest BCUT2D eigenvalue weighted by molar-refractivity contribution is -0.122. The number of nitrogens with one attached hydrogen (secondary N) is 1.